The lowest BCUT2D eigenvalue weighted by atomic mass is 9.86. The second-order valence-electron chi connectivity index (χ2n) is 9.95. The van der Waals surface area contributed by atoms with Crippen LogP contribution in [0.25, 0.3) is 10.2 Å². The van der Waals surface area contributed by atoms with Gasteiger partial charge >= 0.3 is 0 Å². The van der Waals surface area contributed by atoms with Crippen LogP contribution < -0.4 is 16.2 Å². The highest BCUT2D eigenvalue weighted by molar-refractivity contribution is 7.20. The van der Waals surface area contributed by atoms with Gasteiger partial charge in [-0.15, -0.1) is 17.9 Å². The second-order valence-corrected chi connectivity index (χ2v) is 11.0. The van der Waals surface area contributed by atoms with Gasteiger partial charge in [0.25, 0.3) is 17.4 Å². The zero-order chi connectivity index (χ0) is 26.1. The first-order valence-corrected chi connectivity index (χ1v) is 12.8. The molecule has 37 heavy (non-hydrogen) atoms. The monoisotopic (exact) mass is 526 g/mol. The lowest BCUT2D eigenvalue weighted by molar-refractivity contribution is -0.0667. The van der Waals surface area contributed by atoms with Crippen molar-refractivity contribution in [3.63, 3.8) is 0 Å². The number of hydrogen-bond acceptors (Lipinski definition) is 7. The van der Waals surface area contributed by atoms with Gasteiger partial charge in [0.2, 0.25) is 5.92 Å². The van der Waals surface area contributed by atoms with E-state index >= 15 is 0 Å². The number of pyridine rings is 1. The summed E-state index contributed by atoms with van der Waals surface area (Å²) >= 11 is 1.24. The Morgan fingerprint density at radius 2 is 1.95 bits per heavy atom. The molecule has 0 atom stereocenters. The number of amides is 2. The summed E-state index contributed by atoms with van der Waals surface area (Å²) in [4.78, 5) is 50.7. The number of alkyl halides is 2. The Labute approximate surface area is 214 Å². The van der Waals surface area contributed by atoms with Gasteiger partial charge < -0.3 is 15.5 Å². The summed E-state index contributed by atoms with van der Waals surface area (Å²) in [6.07, 6.45) is 2.26. The Kier molecular flexibility index (Phi) is 5.23. The number of thiophene rings is 1. The van der Waals surface area contributed by atoms with Crippen molar-refractivity contribution in [3.05, 3.63) is 57.6 Å². The van der Waals surface area contributed by atoms with E-state index in [0.29, 0.717) is 45.5 Å². The largest absolute Gasteiger partial charge is 0.337 e. The molecule has 1 saturated heterocycles. The van der Waals surface area contributed by atoms with Crippen molar-refractivity contribution >= 4 is 44.9 Å². The Morgan fingerprint density at radius 3 is 2.65 bits per heavy atom. The predicted molar refractivity (Wildman–Crippen MR) is 135 cm³/mol. The van der Waals surface area contributed by atoms with Crippen molar-refractivity contribution in [2.24, 2.45) is 5.92 Å². The van der Waals surface area contributed by atoms with Crippen LogP contribution in [0.15, 0.2) is 35.9 Å². The lowest BCUT2D eigenvalue weighted by Crippen LogP contribution is -2.51. The van der Waals surface area contributed by atoms with Crippen molar-refractivity contribution in [1.82, 2.24) is 24.8 Å². The van der Waals surface area contributed by atoms with E-state index in [1.165, 1.54) is 22.2 Å². The number of halogens is 2. The molecule has 2 aliphatic heterocycles. The summed E-state index contributed by atoms with van der Waals surface area (Å²) in [6, 6.07) is 3.27. The molecule has 2 amide bonds. The number of likely N-dealkylation sites (tertiary alicyclic amines) is 1. The molecule has 0 unspecified atom stereocenters. The summed E-state index contributed by atoms with van der Waals surface area (Å²) in [5.74, 6) is -2.73. The number of hydrogen-bond donors (Lipinski definition) is 2. The molecule has 1 aliphatic carbocycles. The fourth-order valence-corrected chi connectivity index (χ4v) is 6.37. The van der Waals surface area contributed by atoms with Crippen molar-refractivity contribution in [2.45, 2.75) is 44.2 Å². The molecule has 2 N–H and O–H groups in total. The third-order valence-electron chi connectivity index (χ3n) is 7.51. The highest BCUT2D eigenvalue weighted by Crippen LogP contribution is 2.43. The van der Waals surface area contributed by atoms with Gasteiger partial charge in [0.1, 0.15) is 34.0 Å². The van der Waals surface area contributed by atoms with Crippen LogP contribution in [-0.2, 0) is 5.66 Å². The van der Waals surface area contributed by atoms with E-state index < -0.39 is 35.9 Å². The summed E-state index contributed by atoms with van der Waals surface area (Å²) < 4.78 is 29.2. The van der Waals surface area contributed by atoms with Crippen LogP contribution in [0.2, 0.25) is 0 Å². The molecular weight excluding hydrogens is 502 g/mol. The number of anilines is 2. The number of fused-ring (bicyclic) bond motifs is 3. The minimum atomic E-state index is -2.82. The minimum Gasteiger partial charge on any atom is -0.337 e. The van der Waals surface area contributed by atoms with Crippen LogP contribution in [-0.4, -0.2) is 50.3 Å². The van der Waals surface area contributed by atoms with Crippen LogP contribution in [0.3, 0.4) is 0 Å². The Hall–Kier alpha value is -3.67. The van der Waals surface area contributed by atoms with Gasteiger partial charge in [-0.1, -0.05) is 6.08 Å². The quantitative estimate of drug-likeness (QED) is 0.501. The summed E-state index contributed by atoms with van der Waals surface area (Å²) in [7, 11) is 0. The first-order valence-electron chi connectivity index (χ1n) is 12.0. The van der Waals surface area contributed by atoms with Crippen molar-refractivity contribution in [2.75, 3.05) is 18.4 Å². The van der Waals surface area contributed by atoms with Crippen molar-refractivity contribution < 1.29 is 18.4 Å². The standard InChI is InChI=1S/C25H24F2N6O3S/c1-3-14-10-32(11-14)23(36)17-9-15-19(28-12-29-21(15)37-17)30-16-8-13(2)18-20(34)31-25(33(18)22(16)35)6-4-24(26,27)5-7-25/h3,8-9,12,14H,1,4-7,10-11H2,2H3,(H,31,34)(H,28,29,30). The molecule has 1 spiro atoms. The van der Waals surface area contributed by atoms with E-state index in [0.717, 1.165) is 0 Å². The molecule has 0 aromatic carbocycles. The number of carbonyl (C=O) groups excluding carboxylic acids is 2. The van der Waals surface area contributed by atoms with E-state index in [1.54, 1.807) is 24.0 Å². The van der Waals surface area contributed by atoms with Crippen LogP contribution in [0.1, 0.15) is 51.4 Å². The molecule has 192 valence electrons. The van der Waals surface area contributed by atoms with Gasteiger partial charge in [-0.25, -0.2) is 18.7 Å². The Bertz CT molecular complexity index is 1530. The van der Waals surface area contributed by atoms with Crippen LogP contribution >= 0.6 is 11.3 Å². The molecule has 3 aliphatic rings. The van der Waals surface area contributed by atoms with Crippen molar-refractivity contribution in [3.8, 4) is 0 Å². The van der Waals surface area contributed by atoms with Gasteiger partial charge in [0.05, 0.1) is 10.3 Å². The first kappa shape index (κ1) is 23.7. The SMILES string of the molecule is C=CC1CN(C(=O)c2cc3c(Nc4cc(C)c5n(c4=O)C4(CCC(F)(F)CC4)NC5=O)ncnc3s2)C1. The van der Waals surface area contributed by atoms with E-state index in [4.69, 9.17) is 0 Å². The minimum absolute atomic E-state index is 0.0431. The Morgan fingerprint density at radius 1 is 1.22 bits per heavy atom. The molecule has 2 fully saturated rings. The number of nitrogens with zero attached hydrogens (tertiary/aromatic N) is 4. The molecular formula is C25H24F2N6O3S. The van der Waals surface area contributed by atoms with Crippen molar-refractivity contribution in [1.29, 1.82) is 0 Å². The average molecular weight is 527 g/mol. The fourth-order valence-electron chi connectivity index (χ4n) is 5.40. The number of aryl methyl sites for hydroxylation is 1. The predicted octanol–water partition coefficient (Wildman–Crippen LogP) is 3.77. The van der Waals surface area contributed by atoms with E-state index in [2.05, 4.69) is 27.2 Å². The third-order valence-corrected chi connectivity index (χ3v) is 8.54. The van der Waals surface area contributed by atoms with Gasteiger partial charge in [0, 0.05) is 31.8 Å². The maximum absolute atomic E-state index is 13.9. The third kappa shape index (κ3) is 3.73. The first-order chi connectivity index (χ1) is 17.6. The number of carbonyl (C=O) groups is 2. The molecule has 1 saturated carbocycles. The molecule has 5 heterocycles. The maximum atomic E-state index is 13.9. The number of rotatable bonds is 4. The second kappa shape index (κ2) is 8.17. The number of nitrogens with one attached hydrogen (secondary N) is 2. The van der Waals surface area contributed by atoms with E-state index in [-0.39, 0.29) is 30.1 Å². The lowest BCUT2D eigenvalue weighted by Gasteiger charge is -2.38. The van der Waals surface area contributed by atoms with E-state index in [1.807, 2.05) is 6.08 Å². The molecule has 3 aromatic heterocycles. The number of aromatic nitrogens is 3. The molecule has 6 rings (SSSR count). The molecule has 9 nitrogen and oxygen atoms in total. The highest BCUT2D eigenvalue weighted by Gasteiger charge is 2.51. The van der Waals surface area contributed by atoms with Gasteiger partial charge in [-0.05, 0) is 37.5 Å². The van der Waals surface area contributed by atoms with Gasteiger partial charge in [0.15, 0.2) is 0 Å². The normalized spacial score (nSPS) is 20.0. The average Bonchev–Trinajstić information content (AvgIpc) is 3.39. The van der Waals surface area contributed by atoms with Gasteiger partial charge in [-0.2, -0.15) is 0 Å². The zero-order valence-electron chi connectivity index (χ0n) is 20.0. The molecule has 0 bridgehead atoms. The smallest absolute Gasteiger partial charge is 0.276 e. The fraction of sp³-hybridized carbons (Fsp3) is 0.400. The van der Waals surface area contributed by atoms with Crippen LogP contribution in [0.4, 0.5) is 20.3 Å². The molecule has 0 radical (unpaired) electrons. The van der Waals surface area contributed by atoms with E-state index in [9.17, 15) is 23.2 Å². The zero-order valence-corrected chi connectivity index (χ0v) is 20.8. The summed E-state index contributed by atoms with van der Waals surface area (Å²) in [5.41, 5.74) is -0.806. The van der Waals surface area contributed by atoms with Gasteiger partial charge in [-0.3, -0.25) is 19.0 Å². The maximum Gasteiger partial charge on any atom is 0.276 e. The molecule has 12 heteroatoms. The Balaban J connectivity index is 1.36. The van der Waals surface area contributed by atoms with Crippen LogP contribution in [0.5, 0.6) is 0 Å². The highest BCUT2D eigenvalue weighted by atomic mass is 32.1. The summed E-state index contributed by atoms with van der Waals surface area (Å²) in [5, 5.41) is 6.46. The summed E-state index contributed by atoms with van der Waals surface area (Å²) in [6.45, 7) is 6.71. The van der Waals surface area contributed by atoms with Crippen LogP contribution in [0, 0.1) is 12.8 Å². The topological polar surface area (TPSA) is 109 Å². The molecule has 3 aromatic rings.